The van der Waals surface area contributed by atoms with E-state index in [9.17, 15) is 4.79 Å². The molecule has 0 bridgehead atoms. The van der Waals surface area contributed by atoms with Crippen molar-refractivity contribution in [3.8, 4) is 5.75 Å². The van der Waals surface area contributed by atoms with Gasteiger partial charge in [0.15, 0.2) is 5.78 Å². The number of para-hydroxylation sites is 1. The lowest BCUT2D eigenvalue weighted by Gasteiger charge is -2.28. The normalized spacial score (nSPS) is 26.3. The van der Waals surface area contributed by atoms with Crippen LogP contribution in [-0.4, -0.2) is 38.2 Å². The summed E-state index contributed by atoms with van der Waals surface area (Å²) in [7, 11) is 0. The van der Waals surface area contributed by atoms with Gasteiger partial charge in [0, 0.05) is 19.5 Å². The van der Waals surface area contributed by atoms with Crippen molar-refractivity contribution in [2.45, 2.75) is 24.9 Å². The molecule has 1 N–H and O–H groups in total. The number of fused-ring (bicyclic) bond motifs is 1. The number of nitrogens with one attached hydrogen (secondary N) is 1. The zero-order chi connectivity index (χ0) is 13.1. The minimum atomic E-state index is -0.274. The van der Waals surface area contributed by atoms with Gasteiger partial charge in [0.2, 0.25) is 0 Å². The molecule has 102 valence electrons. The summed E-state index contributed by atoms with van der Waals surface area (Å²) < 4.78 is 11.2. The minimum absolute atomic E-state index is 0.203. The summed E-state index contributed by atoms with van der Waals surface area (Å²) in [6.45, 7) is 2.80. The van der Waals surface area contributed by atoms with E-state index >= 15 is 0 Å². The Morgan fingerprint density at radius 2 is 2.21 bits per heavy atom. The molecule has 1 aromatic rings. The number of morpholine rings is 1. The highest BCUT2D eigenvalue weighted by atomic mass is 16.5. The average molecular weight is 261 g/mol. The Hall–Kier alpha value is -1.39. The van der Waals surface area contributed by atoms with E-state index in [1.807, 2.05) is 18.2 Å². The van der Waals surface area contributed by atoms with Crippen LogP contribution in [0.4, 0.5) is 0 Å². The van der Waals surface area contributed by atoms with Gasteiger partial charge in [-0.1, -0.05) is 18.2 Å². The van der Waals surface area contributed by atoms with Crippen LogP contribution >= 0.6 is 0 Å². The molecule has 4 nitrogen and oxygen atoms in total. The van der Waals surface area contributed by atoms with Gasteiger partial charge in [0.1, 0.15) is 11.9 Å². The number of hydrogen-bond donors (Lipinski definition) is 1. The number of benzene rings is 1. The molecule has 0 radical (unpaired) electrons. The molecular formula is C15H19NO3. The van der Waals surface area contributed by atoms with Crippen molar-refractivity contribution < 1.29 is 14.3 Å². The van der Waals surface area contributed by atoms with Crippen LogP contribution in [0, 0.1) is 0 Å². The maximum atomic E-state index is 12.3. The van der Waals surface area contributed by atoms with Gasteiger partial charge in [-0.15, -0.1) is 0 Å². The summed E-state index contributed by atoms with van der Waals surface area (Å²) in [6, 6.07) is 8.01. The Kier molecular flexibility index (Phi) is 3.80. The first-order valence-electron chi connectivity index (χ1n) is 6.91. The summed E-state index contributed by atoms with van der Waals surface area (Å²) in [6.07, 6.45) is 1.18. The van der Waals surface area contributed by atoms with Crippen LogP contribution in [0.15, 0.2) is 24.3 Å². The van der Waals surface area contributed by atoms with Gasteiger partial charge < -0.3 is 14.8 Å². The van der Waals surface area contributed by atoms with Crippen LogP contribution in [0.3, 0.4) is 0 Å². The zero-order valence-corrected chi connectivity index (χ0v) is 10.9. The number of ether oxygens (including phenoxy) is 2. The Morgan fingerprint density at radius 1 is 1.32 bits per heavy atom. The number of ketones is 1. The third-order valence-corrected chi connectivity index (χ3v) is 3.82. The molecule has 2 aliphatic rings. The first-order chi connectivity index (χ1) is 9.34. The third kappa shape index (κ3) is 2.80. The summed E-state index contributed by atoms with van der Waals surface area (Å²) in [5.41, 5.74) is 1.16. The molecule has 0 saturated carbocycles. The van der Waals surface area contributed by atoms with Gasteiger partial charge in [-0.3, -0.25) is 4.79 Å². The molecular weight excluding hydrogens is 242 g/mol. The van der Waals surface area contributed by atoms with E-state index in [1.165, 1.54) is 0 Å². The summed E-state index contributed by atoms with van der Waals surface area (Å²) in [5, 5.41) is 3.20. The second-order valence-corrected chi connectivity index (χ2v) is 5.11. The lowest BCUT2D eigenvalue weighted by Crippen LogP contribution is -2.43. The smallest absolute Gasteiger partial charge is 0.163 e. The van der Waals surface area contributed by atoms with Crippen molar-refractivity contribution in [3.63, 3.8) is 0 Å². The van der Waals surface area contributed by atoms with E-state index < -0.39 is 0 Å². The van der Waals surface area contributed by atoms with Gasteiger partial charge in [-0.2, -0.15) is 0 Å². The molecule has 1 fully saturated rings. The quantitative estimate of drug-likeness (QED) is 0.895. The van der Waals surface area contributed by atoms with E-state index in [4.69, 9.17) is 9.47 Å². The summed E-state index contributed by atoms with van der Waals surface area (Å²) in [4.78, 5) is 12.3. The monoisotopic (exact) mass is 261 g/mol. The number of carbonyl (C=O) groups is 1. The minimum Gasteiger partial charge on any atom is -0.493 e. The predicted octanol–water partition coefficient (Wildman–Crippen LogP) is 1.50. The molecule has 0 spiro atoms. The fourth-order valence-electron chi connectivity index (χ4n) is 2.77. The van der Waals surface area contributed by atoms with Crippen molar-refractivity contribution in [2.24, 2.45) is 0 Å². The molecule has 3 rings (SSSR count). The van der Waals surface area contributed by atoms with Crippen molar-refractivity contribution in [1.29, 1.82) is 0 Å². The van der Waals surface area contributed by atoms with Gasteiger partial charge in [0.25, 0.3) is 0 Å². The maximum Gasteiger partial charge on any atom is 0.163 e. The van der Waals surface area contributed by atoms with Crippen LogP contribution in [0.5, 0.6) is 5.75 Å². The van der Waals surface area contributed by atoms with Crippen LogP contribution in [-0.2, 0) is 9.53 Å². The highest BCUT2D eigenvalue weighted by molar-refractivity contribution is 5.84. The Morgan fingerprint density at radius 3 is 3.05 bits per heavy atom. The lowest BCUT2D eigenvalue weighted by atomic mass is 9.87. The van der Waals surface area contributed by atoms with Crippen LogP contribution in [0.1, 0.15) is 24.3 Å². The Balaban J connectivity index is 1.68. The zero-order valence-electron chi connectivity index (χ0n) is 10.9. The topological polar surface area (TPSA) is 47.6 Å². The standard InChI is InChI=1S/C15H19NO3/c17-13(15-10-16-6-8-19-15)9-11-5-7-18-14-4-2-1-3-12(11)14/h1-4,11,15-16H,5-10H2. The van der Waals surface area contributed by atoms with Gasteiger partial charge >= 0.3 is 0 Å². The maximum absolute atomic E-state index is 12.3. The molecule has 2 atom stereocenters. The van der Waals surface area contributed by atoms with Crippen LogP contribution < -0.4 is 10.1 Å². The molecule has 0 aromatic heterocycles. The average Bonchev–Trinajstić information content (AvgIpc) is 2.48. The van der Waals surface area contributed by atoms with Gasteiger partial charge in [-0.25, -0.2) is 0 Å². The fourth-order valence-corrected chi connectivity index (χ4v) is 2.77. The Labute approximate surface area is 113 Å². The van der Waals surface area contributed by atoms with Gasteiger partial charge in [0.05, 0.1) is 13.2 Å². The van der Waals surface area contributed by atoms with E-state index in [2.05, 4.69) is 11.4 Å². The second kappa shape index (κ2) is 5.72. The third-order valence-electron chi connectivity index (χ3n) is 3.82. The molecule has 2 aliphatic heterocycles. The van der Waals surface area contributed by atoms with Crippen LogP contribution in [0.25, 0.3) is 0 Å². The van der Waals surface area contributed by atoms with E-state index in [0.29, 0.717) is 26.2 Å². The molecule has 2 unspecified atom stereocenters. The molecule has 1 aromatic carbocycles. The summed E-state index contributed by atoms with van der Waals surface area (Å²) in [5.74, 6) is 1.39. The number of Topliss-reactive ketones (excluding diaryl/α,β-unsaturated/α-hetero) is 1. The molecule has 4 heteroatoms. The van der Waals surface area contributed by atoms with Crippen molar-refractivity contribution in [2.75, 3.05) is 26.3 Å². The lowest BCUT2D eigenvalue weighted by molar-refractivity contribution is -0.132. The van der Waals surface area contributed by atoms with E-state index in [-0.39, 0.29) is 17.8 Å². The van der Waals surface area contributed by atoms with Crippen molar-refractivity contribution >= 4 is 5.78 Å². The molecule has 19 heavy (non-hydrogen) atoms. The van der Waals surface area contributed by atoms with Crippen molar-refractivity contribution in [3.05, 3.63) is 29.8 Å². The highest BCUT2D eigenvalue weighted by Crippen LogP contribution is 2.35. The van der Waals surface area contributed by atoms with Crippen molar-refractivity contribution in [1.82, 2.24) is 5.32 Å². The Bertz CT molecular complexity index is 454. The van der Waals surface area contributed by atoms with Gasteiger partial charge in [-0.05, 0) is 24.0 Å². The molecule has 2 heterocycles. The van der Waals surface area contributed by atoms with E-state index in [0.717, 1.165) is 24.3 Å². The largest absolute Gasteiger partial charge is 0.493 e. The predicted molar refractivity (Wildman–Crippen MR) is 71.5 cm³/mol. The number of rotatable bonds is 3. The highest BCUT2D eigenvalue weighted by Gasteiger charge is 2.28. The first kappa shape index (κ1) is 12.6. The molecule has 0 aliphatic carbocycles. The fraction of sp³-hybridized carbons (Fsp3) is 0.533. The van der Waals surface area contributed by atoms with Crippen LogP contribution in [0.2, 0.25) is 0 Å². The number of carbonyl (C=O) groups excluding carboxylic acids is 1. The summed E-state index contributed by atoms with van der Waals surface area (Å²) >= 11 is 0. The number of hydrogen-bond acceptors (Lipinski definition) is 4. The molecule has 0 amide bonds. The second-order valence-electron chi connectivity index (χ2n) is 5.11. The SMILES string of the molecule is O=C(CC1CCOc2ccccc21)C1CNCCO1. The first-order valence-corrected chi connectivity index (χ1v) is 6.91. The molecule has 1 saturated heterocycles. The van der Waals surface area contributed by atoms with E-state index in [1.54, 1.807) is 0 Å².